The van der Waals surface area contributed by atoms with E-state index < -0.39 is 15.9 Å². The van der Waals surface area contributed by atoms with Gasteiger partial charge in [0.05, 0.1) is 16.6 Å². The van der Waals surface area contributed by atoms with Crippen LogP contribution in [0.1, 0.15) is 36.9 Å². The highest BCUT2D eigenvalue weighted by Crippen LogP contribution is 2.26. The molecule has 1 heterocycles. The quantitative estimate of drug-likeness (QED) is 0.444. The first-order valence-corrected chi connectivity index (χ1v) is 13.5. The van der Waals surface area contributed by atoms with Crippen LogP contribution in [0, 0.1) is 6.92 Å². The van der Waals surface area contributed by atoms with Crippen LogP contribution < -0.4 is 14.5 Å². The minimum Gasteiger partial charge on any atom is -0.372 e. The molecule has 184 valence electrons. The van der Waals surface area contributed by atoms with Crippen LogP contribution in [0.15, 0.2) is 77.7 Å². The molecule has 1 atom stereocenters. The zero-order valence-corrected chi connectivity index (χ0v) is 21.5. The average Bonchev–Trinajstić information content (AvgIpc) is 3.39. The second kappa shape index (κ2) is 10.7. The Balaban J connectivity index is 1.51. The first-order valence-electron chi connectivity index (χ1n) is 11.7. The van der Waals surface area contributed by atoms with Gasteiger partial charge in [0.15, 0.2) is 0 Å². The molecule has 0 aliphatic carbocycles. The van der Waals surface area contributed by atoms with Crippen molar-refractivity contribution in [1.82, 2.24) is 5.32 Å². The summed E-state index contributed by atoms with van der Waals surface area (Å²) in [4.78, 5) is 15.5. The van der Waals surface area contributed by atoms with E-state index in [1.807, 2.05) is 26.0 Å². The van der Waals surface area contributed by atoms with Crippen molar-refractivity contribution < 1.29 is 13.2 Å². The third-order valence-corrected chi connectivity index (χ3v) is 8.29. The van der Waals surface area contributed by atoms with Crippen molar-refractivity contribution in [1.29, 1.82) is 0 Å². The number of anilines is 2. The summed E-state index contributed by atoms with van der Waals surface area (Å²) >= 11 is 6.01. The van der Waals surface area contributed by atoms with Crippen LogP contribution >= 0.6 is 11.6 Å². The SMILES string of the molecule is Cc1ccc(S(=O)(=O)N(CC(=O)NC(C)c2ccc(N3CCCC3)cc2)c2ccc(Cl)cc2)cc1. The summed E-state index contributed by atoms with van der Waals surface area (Å²) in [5, 5.41) is 3.43. The number of rotatable bonds is 8. The van der Waals surface area contributed by atoms with E-state index in [9.17, 15) is 13.2 Å². The van der Waals surface area contributed by atoms with E-state index in [2.05, 4.69) is 22.3 Å². The van der Waals surface area contributed by atoms with E-state index >= 15 is 0 Å². The molecule has 0 saturated carbocycles. The Kier molecular flexibility index (Phi) is 7.67. The number of hydrogen-bond donors (Lipinski definition) is 1. The molecule has 1 N–H and O–H groups in total. The van der Waals surface area contributed by atoms with E-state index in [0.29, 0.717) is 10.7 Å². The summed E-state index contributed by atoms with van der Waals surface area (Å²) in [6, 6.07) is 20.9. The molecule has 4 rings (SSSR count). The number of halogens is 1. The number of aryl methyl sites for hydroxylation is 1. The van der Waals surface area contributed by atoms with E-state index in [4.69, 9.17) is 11.6 Å². The predicted molar refractivity (Wildman–Crippen MR) is 142 cm³/mol. The van der Waals surface area contributed by atoms with Crippen LogP contribution in [0.2, 0.25) is 5.02 Å². The summed E-state index contributed by atoms with van der Waals surface area (Å²) in [6.07, 6.45) is 2.42. The van der Waals surface area contributed by atoms with Gasteiger partial charge in [-0.05, 0) is 80.8 Å². The lowest BCUT2D eigenvalue weighted by Crippen LogP contribution is -2.41. The van der Waals surface area contributed by atoms with Gasteiger partial charge in [0, 0.05) is 23.8 Å². The Morgan fingerprint density at radius 1 is 0.971 bits per heavy atom. The molecule has 6 nitrogen and oxygen atoms in total. The zero-order chi connectivity index (χ0) is 25.0. The van der Waals surface area contributed by atoms with E-state index in [-0.39, 0.29) is 17.5 Å². The largest absolute Gasteiger partial charge is 0.372 e. The number of nitrogens with one attached hydrogen (secondary N) is 1. The van der Waals surface area contributed by atoms with Gasteiger partial charge in [-0.25, -0.2) is 8.42 Å². The van der Waals surface area contributed by atoms with Crippen molar-refractivity contribution in [2.75, 3.05) is 28.8 Å². The highest BCUT2D eigenvalue weighted by molar-refractivity contribution is 7.92. The Labute approximate surface area is 212 Å². The number of sulfonamides is 1. The molecule has 0 aromatic heterocycles. The maximum atomic E-state index is 13.5. The molecular weight excluding hydrogens is 482 g/mol. The fourth-order valence-electron chi connectivity index (χ4n) is 4.21. The monoisotopic (exact) mass is 511 g/mol. The van der Waals surface area contributed by atoms with Crippen molar-refractivity contribution in [2.45, 2.75) is 37.6 Å². The van der Waals surface area contributed by atoms with Gasteiger partial charge in [0.25, 0.3) is 10.0 Å². The van der Waals surface area contributed by atoms with Gasteiger partial charge in [-0.15, -0.1) is 0 Å². The van der Waals surface area contributed by atoms with Gasteiger partial charge in [0.1, 0.15) is 6.54 Å². The third-order valence-electron chi connectivity index (χ3n) is 6.25. The molecule has 0 radical (unpaired) electrons. The summed E-state index contributed by atoms with van der Waals surface area (Å²) < 4.78 is 28.1. The Bertz CT molecular complexity index is 1250. The first kappa shape index (κ1) is 25.1. The van der Waals surface area contributed by atoms with Crippen molar-refractivity contribution in [3.05, 3.63) is 88.9 Å². The molecule has 1 aliphatic heterocycles. The van der Waals surface area contributed by atoms with Gasteiger partial charge < -0.3 is 10.2 Å². The maximum Gasteiger partial charge on any atom is 0.264 e. The molecule has 35 heavy (non-hydrogen) atoms. The van der Waals surface area contributed by atoms with Crippen molar-refractivity contribution in [2.24, 2.45) is 0 Å². The van der Waals surface area contributed by atoms with Gasteiger partial charge in [-0.3, -0.25) is 9.10 Å². The van der Waals surface area contributed by atoms with Crippen LogP contribution in [-0.2, 0) is 14.8 Å². The lowest BCUT2D eigenvalue weighted by molar-refractivity contribution is -0.120. The molecular formula is C27H30ClN3O3S. The van der Waals surface area contributed by atoms with Crippen LogP contribution in [0.4, 0.5) is 11.4 Å². The van der Waals surface area contributed by atoms with Crippen molar-refractivity contribution >= 4 is 38.9 Å². The number of benzene rings is 3. The zero-order valence-electron chi connectivity index (χ0n) is 19.9. The fraction of sp³-hybridized carbons (Fsp3) is 0.296. The van der Waals surface area contributed by atoms with E-state index in [0.717, 1.165) is 28.5 Å². The molecule has 0 spiro atoms. The van der Waals surface area contributed by atoms with Crippen molar-refractivity contribution in [3.63, 3.8) is 0 Å². The van der Waals surface area contributed by atoms with Crippen LogP contribution in [-0.4, -0.2) is 34.0 Å². The Hall–Kier alpha value is -3.03. The highest BCUT2D eigenvalue weighted by Gasteiger charge is 2.27. The fourth-order valence-corrected chi connectivity index (χ4v) is 5.76. The first-order chi connectivity index (χ1) is 16.7. The van der Waals surface area contributed by atoms with Gasteiger partial charge in [0.2, 0.25) is 5.91 Å². The maximum absolute atomic E-state index is 13.5. The normalized spacial score (nSPS) is 14.5. The summed E-state index contributed by atoms with van der Waals surface area (Å²) in [5.74, 6) is -0.397. The molecule has 8 heteroatoms. The molecule has 1 fully saturated rings. The number of carbonyl (C=O) groups excluding carboxylic acids is 1. The summed E-state index contributed by atoms with van der Waals surface area (Å²) in [7, 11) is -3.97. The van der Waals surface area contributed by atoms with Crippen molar-refractivity contribution in [3.8, 4) is 0 Å². The smallest absolute Gasteiger partial charge is 0.264 e. The third kappa shape index (κ3) is 5.97. The number of hydrogen-bond acceptors (Lipinski definition) is 4. The van der Waals surface area contributed by atoms with Gasteiger partial charge in [-0.2, -0.15) is 0 Å². The standard InChI is InChI=1S/C27H30ClN3O3S/c1-20-5-15-26(16-6-20)35(33,34)31(25-13-9-23(28)10-14-25)19-27(32)29-21(2)22-7-11-24(12-8-22)30-17-3-4-18-30/h5-16,21H,3-4,17-19H2,1-2H3,(H,29,32). The molecule has 0 bridgehead atoms. The second-order valence-electron chi connectivity index (χ2n) is 8.88. The van der Waals surface area contributed by atoms with Crippen LogP contribution in [0.5, 0.6) is 0 Å². The lowest BCUT2D eigenvalue weighted by atomic mass is 10.1. The molecule has 3 aromatic rings. The Morgan fingerprint density at radius 2 is 1.57 bits per heavy atom. The molecule has 1 saturated heterocycles. The predicted octanol–water partition coefficient (Wildman–Crippen LogP) is 5.32. The Morgan fingerprint density at radius 3 is 2.17 bits per heavy atom. The topological polar surface area (TPSA) is 69.7 Å². The lowest BCUT2D eigenvalue weighted by Gasteiger charge is -2.25. The average molecular weight is 512 g/mol. The number of carbonyl (C=O) groups is 1. The minimum absolute atomic E-state index is 0.122. The van der Waals surface area contributed by atoms with Gasteiger partial charge >= 0.3 is 0 Å². The van der Waals surface area contributed by atoms with E-state index in [1.165, 1.54) is 18.5 Å². The minimum atomic E-state index is -3.97. The highest BCUT2D eigenvalue weighted by atomic mass is 35.5. The van der Waals surface area contributed by atoms with E-state index in [1.54, 1.807) is 48.5 Å². The second-order valence-corrected chi connectivity index (χ2v) is 11.2. The number of nitrogens with zero attached hydrogens (tertiary/aromatic N) is 2. The molecule has 1 amide bonds. The van der Waals surface area contributed by atoms with Crippen LogP contribution in [0.3, 0.4) is 0 Å². The number of amides is 1. The molecule has 3 aromatic carbocycles. The molecule has 1 unspecified atom stereocenters. The van der Waals surface area contributed by atoms with Gasteiger partial charge in [-0.1, -0.05) is 41.4 Å². The summed E-state index contributed by atoms with van der Waals surface area (Å²) in [6.45, 7) is 5.57. The van der Waals surface area contributed by atoms with Crippen LogP contribution in [0.25, 0.3) is 0 Å². The molecule has 1 aliphatic rings. The summed E-state index contributed by atoms with van der Waals surface area (Å²) in [5.41, 5.74) is 3.46.